The number of carbonyl (C=O) groups excluding carboxylic acids is 2. The van der Waals surface area contributed by atoms with E-state index in [1.807, 2.05) is 0 Å². The molecule has 2 aromatic rings. The molecule has 1 aliphatic rings. The fourth-order valence-corrected chi connectivity index (χ4v) is 4.16. The number of hydrogen-bond acceptors (Lipinski definition) is 4. The first-order chi connectivity index (χ1) is 13.7. The lowest BCUT2D eigenvalue weighted by Crippen LogP contribution is -2.37. The Hall–Kier alpha value is -2.74. The first kappa shape index (κ1) is 21.0. The number of halogens is 1. The Morgan fingerprint density at radius 2 is 1.48 bits per heavy atom. The summed E-state index contributed by atoms with van der Waals surface area (Å²) in [7, 11) is -3.14. The molecule has 29 heavy (non-hydrogen) atoms. The summed E-state index contributed by atoms with van der Waals surface area (Å²) in [5, 5.41) is 0. The van der Waals surface area contributed by atoms with E-state index < -0.39 is 15.7 Å². The van der Waals surface area contributed by atoms with E-state index in [0.717, 1.165) is 6.26 Å². The summed E-state index contributed by atoms with van der Waals surface area (Å²) in [5.74, 6) is -1.17. The number of rotatable bonds is 4. The SMILES string of the molecule is CS(=O)(=O)Cc1ccc(C(=O)N2CCCN(C(=O)c3ccccc3F)CC2)cc1. The summed E-state index contributed by atoms with van der Waals surface area (Å²) in [4.78, 5) is 28.6. The minimum absolute atomic E-state index is 0.0359. The van der Waals surface area contributed by atoms with Gasteiger partial charge in [0.15, 0.2) is 9.84 Å². The molecule has 6 nitrogen and oxygen atoms in total. The van der Waals surface area contributed by atoms with Gasteiger partial charge in [-0.05, 0) is 36.2 Å². The fourth-order valence-electron chi connectivity index (χ4n) is 3.36. The van der Waals surface area contributed by atoms with Gasteiger partial charge in [-0.1, -0.05) is 24.3 Å². The van der Waals surface area contributed by atoms with Crippen LogP contribution in [0.5, 0.6) is 0 Å². The molecule has 2 aromatic carbocycles. The van der Waals surface area contributed by atoms with Crippen LogP contribution in [0.25, 0.3) is 0 Å². The summed E-state index contributed by atoms with van der Waals surface area (Å²) in [6.45, 7) is 1.62. The third-order valence-corrected chi connectivity index (χ3v) is 5.66. The average Bonchev–Trinajstić information content (AvgIpc) is 2.93. The predicted molar refractivity (Wildman–Crippen MR) is 108 cm³/mol. The summed E-state index contributed by atoms with van der Waals surface area (Å²) < 4.78 is 36.7. The monoisotopic (exact) mass is 418 g/mol. The lowest BCUT2D eigenvalue weighted by Gasteiger charge is -2.22. The highest BCUT2D eigenvalue weighted by Crippen LogP contribution is 2.15. The molecule has 0 bridgehead atoms. The number of sulfone groups is 1. The van der Waals surface area contributed by atoms with Crippen LogP contribution in [0.4, 0.5) is 4.39 Å². The van der Waals surface area contributed by atoms with E-state index in [4.69, 9.17) is 0 Å². The summed E-state index contributed by atoms with van der Waals surface area (Å²) >= 11 is 0. The molecule has 154 valence electrons. The van der Waals surface area contributed by atoms with Crippen molar-refractivity contribution in [3.8, 4) is 0 Å². The first-order valence-electron chi connectivity index (χ1n) is 9.34. The molecule has 0 unspecified atom stereocenters. The van der Waals surface area contributed by atoms with Crippen molar-refractivity contribution >= 4 is 21.7 Å². The zero-order chi connectivity index (χ0) is 21.0. The topological polar surface area (TPSA) is 74.8 Å². The smallest absolute Gasteiger partial charge is 0.256 e. The largest absolute Gasteiger partial charge is 0.337 e. The van der Waals surface area contributed by atoms with Crippen LogP contribution < -0.4 is 0 Å². The molecule has 1 aliphatic heterocycles. The van der Waals surface area contributed by atoms with E-state index in [2.05, 4.69) is 0 Å². The van der Waals surface area contributed by atoms with Crippen LogP contribution in [-0.4, -0.2) is 62.5 Å². The molecule has 0 atom stereocenters. The Morgan fingerprint density at radius 1 is 0.897 bits per heavy atom. The van der Waals surface area contributed by atoms with E-state index in [1.165, 1.54) is 18.2 Å². The van der Waals surface area contributed by atoms with Crippen LogP contribution in [0.15, 0.2) is 48.5 Å². The van der Waals surface area contributed by atoms with Crippen molar-refractivity contribution in [3.63, 3.8) is 0 Å². The lowest BCUT2D eigenvalue weighted by atomic mass is 10.1. The Balaban J connectivity index is 1.65. The number of benzene rings is 2. The van der Waals surface area contributed by atoms with Gasteiger partial charge < -0.3 is 9.80 Å². The van der Waals surface area contributed by atoms with E-state index in [0.29, 0.717) is 43.7 Å². The minimum atomic E-state index is -3.14. The van der Waals surface area contributed by atoms with Crippen molar-refractivity contribution in [1.82, 2.24) is 9.80 Å². The molecule has 0 N–H and O–H groups in total. The Morgan fingerprint density at radius 3 is 2.07 bits per heavy atom. The molecule has 8 heteroatoms. The van der Waals surface area contributed by atoms with Crippen molar-refractivity contribution in [2.45, 2.75) is 12.2 Å². The molecular formula is C21H23FN2O4S. The number of carbonyl (C=O) groups is 2. The second-order valence-corrected chi connectivity index (χ2v) is 9.32. The molecule has 0 saturated carbocycles. The van der Waals surface area contributed by atoms with Crippen LogP contribution in [-0.2, 0) is 15.6 Å². The molecular weight excluding hydrogens is 395 g/mol. The third kappa shape index (κ3) is 5.41. The van der Waals surface area contributed by atoms with Gasteiger partial charge in [-0.25, -0.2) is 12.8 Å². The molecule has 1 fully saturated rings. The van der Waals surface area contributed by atoms with Crippen molar-refractivity contribution in [3.05, 3.63) is 71.0 Å². The van der Waals surface area contributed by atoms with Crippen LogP contribution in [0, 0.1) is 5.82 Å². The van der Waals surface area contributed by atoms with Crippen molar-refractivity contribution < 1.29 is 22.4 Å². The Bertz CT molecular complexity index is 1010. The average molecular weight is 418 g/mol. The highest BCUT2D eigenvalue weighted by atomic mass is 32.2. The lowest BCUT2D eigenvalue weighted by molar-refractivity contribution is 0.0716. The number of amides is 2. The van der Waals surface area contributed by atoms with Gasteiger partial charge >= 0.3 is 0 Å². The standard InChI is InChI=1S/C21H23FN2O4S/c1-29(27,28)15-16-7-9-17(10-8-16)20(25)23-11-4-12-24(14-13-23)21(26)18-5-2-3-6-19(18)22/h2-3,5-10H,4,11-15H2,1H3. The molecule has 0 spiro atoms. The zero-order valence-corrected chi connectivity index (χ0v) is 17.0. The molecule has 0 radical (unpaired) electrons. The highest BCUT2D eigenvalue weighted by molar-refractivity contribution is 7.89. The van der Waals surface area contributed by atoms with Gasteiger partial charge in [-0.3, -0.25) is 9.59 Å². The van der Waals surface area contributed by atoms with Crippen molar-refractivity contribution in [2.75, 3.05) is 32.4 Å². The van der Waals surface area contributed by atoms with E-state index in [1.54, 1.807) is 40.1 Å². The third-order valence-electron chi connectivity index (χ3n) is 4.80. The molecule has 2 amide bonds. The van der Waals surface area contributed by atoms with Gasteiger partial charge in [0.2, 0.25) is 0 Å². The fraction of sp³-hybridized carbons (Fsp3) is 0.333. The van der Waals surface area contributed by atoms with E-state index >= 15 is 0 Å². The van der Waals surface area contributed by atoms with Gasteiger partial charge in [0, 0.05) is 38.0 Å². The maximum Gasteiger partial charge on any atom is 0.256 e. The van der Waals surface area contributed by atoms with Crippen LogP contribution in [0.3, 0.4) is 0 Å². The van der Waals surface area contributed by atoms with Crippen LogP contribution in [0.1, 0.15) is 32.7 Å². The van der Waals surface area contributed by atoms with E-state index in [9.17, 15) is 22.4 Å². The first-order valence-corrected chi connectivity index (χ1v) is 11.4. The number of nitrogens with zero attached hydrogens (tertiary/aromatic N) is 2. The summed E-state index contributed by atoms with van der Waals surface area (Å²) in [5.41, 5.74) is 1.13. The molecule has 0 aliphatic carbocycles. The Labute approximate surface area is 169 Å². The van der Waals surface area contributed by atoms with Crippen molar-refractivity contribution in [2.24, 2.45) is 0 Å². The van der Waals surface area contributed by atoms with Gasteiger partial charge in [0.05, 0.1) is 11.3 Å². The zero-order valence-electron chi connectivity index (χ0n) is 16.2. The molecule has 3 rings (SSSR count). The van der Waals surface area contributed by atoms with Gasteiger partial charge in [0.1, 0.15) is 5.82 Å². The maximum atomic E-state index is 13.9. The van der Waals surface area contributed by atoms with Crippen LogP contribution in [0.2, 0.25) is 0 Å². The second kappa shape index (κ2) is 8.73. The van der Waals surface area contributed by atoms with Gasteiger partial charge in [-0.15, -0.1) is 0 Å². The second-order valence-electron chi connectivity index (χ2n) is 7.18. The van der Waals surface area contributed by atoms with Crippen molar-refractivity contribution in [1.29, 1.82) is 0 Å². The summed E-state index contributed by atoms with van der Waals surface area (Å²) in [6, 6.07) is 12.4. The minimum Gasteiger partial charge on any atom is -0.337 e. The van der Waals surface area contributed by atoms with Gasteiger partial charge in [-0.2, -0.15) is 0 Å². The quantitative estimate of drug-likeness (QED) is 0.764. The maximum absolute atomic E-state index is 13.9. The predicted octanol–water partition coefficient (Wildman–Crippen LogP) is 2.36. The molecule has 1 saturated heterocycles. The van der Waals surface area contributed by atoms with E-state index in [-0.39, 0.29) is 23.1 Å². The number of hydrogen-bond donors (Lipinski definition) is 0. The molecule has 0 aromatic heterocycles. The highest BCUT2D eigenvalue weighted by Gasteiger charge is 2.24. The normalized spacial score (nSPS) is 15.1. The summed E-state index contributed by atoms with van der Waals surface area (Å²) in [6.07, 6.45) is 1.76. The van der Waals surface area contributed by atoms with Crippen LogP contribution >= 0.6 is 0 Å². The van der Waals surface area contributed by atoms with Gasteiger partial charge in [0.25, 0.3) is 11.8 Å². The Kier molecular flexibility index (Phi) is 6.32. The molecule has 1 heterocycles.